The molecule has 0 spiro atoms. The molecule has 2 aromatic rings. The van der Waals surface area contributed by atoms with Crippen molar-refractivity contribution in [2.75, 3.05) is 24.7 Å². The largest absolute Gasteiger partial charge is 0.394 e. The van der Waals surface area contributed by atoms with Crippen LogP contribution in [0.3, 0.4) is 0 Å². The van der Waals surface area contributed by atoms with Crippen molar-refractivity contribution in [3.05, 3.63) is 28.3 Å². The summed E-state index contributed by atoms with van der Waals surface area (Å²) in [7, 11) is 0. The molecule has 1 aliphatic rings. The smallest absolute Gasteiger partial charge is 0.271 e. The Morgan fingerprint density at radius 3 is 3.14 bits per heavy atom. The number of nitro groups is 1. The van der Waals surface area contributed by atoms with Crippen LogP contribution >= 0.6 is 0 Å². The van der Waals surface area contributed by atoms with Crippen LogP contribution in [0.2, 0.25) is 0 Å². The number of imidazole rings is 1. The number of morpholine rings is 1. The predicted octanol–water partition coefficient (Wildman–Crippen LogP) is 1.06. The Kier molecular flexibility index (Phi) is 3.48. The summed E-state index contributed by atoms with van der Waals surface area (Å²) < 4.78 is 5.49. The first-order chi connectivity index (χ1) is 10.1. The van der Waals surface area contributed by atoms with Crippen LogP contribution in [0.15, 0.2) is 18.2 Å². The van der Waals surface area contributed by atoms with Gasteiger partial charge in [0.2, 0.25) is 5.95 Å². The predicted molar refractivity (Wildman–Crippen MR) is 76.4 cm³/mol. The number of hydrogen-bond acceptors (Lipinski definition) is 6. The molecular weight excluding hydrogens is 276 g/mol. The van der Waals surface area contributed by atoms with E-state index in [0.29, 0.717) is 30.1 Å². The number of rotatable bonds is 3. The highest BCUT2D eigenvalue weighted by Gasteiger charge is 2.27. The fourth-order valence-electron chi connectivity index (χ4n) is 2.46. The highest BCUT2D eigenvalue weighted by molar-refractivity contribution is 5.80. The summed E-state index contributed by atoms with van der Waals surface area (Å²) in [4.78, 5) is 20.0. The first kappa shape index (κ1) is 13.8. The summed E-state index contributed by atoms with van der Waals surface area (Å²) in [5.41, 5.74) is 1.33. The number of aliphatic hydroxyl groups is 1. The highest BCUT2D eigenvalue weighted by Crippen LogP contribution is 2.25. The minimum Gasteiger partial charge on any atom is -0.394 e. The van der Waals surface area contributed by atoms with E-state index in [9.17, 15) is 15.2 Å². The van der Waals surface area contributed by atoms with Crippen molar-refractivity contribution in [1.82, 2.24) is 9.97 Å². The molecule has 1 aliphatic heterocycles. The molecule has 1 saturated heterocycles. The fraction of sp³-hybridized carbons (Fsp3) is 0.462. The Labute approximate surface area is 120 Å². The second kappa shape index (κ2) is 5.30. The molecule has 0 aliphatic carbocycles. The van der Waals surface area contributed by atoms with E-state index in [2.05, 4.69) is 9.97 Å². The number of fused-ring (bicyclic) bond motifs is 1. The molecule has 1 fully saturated rings. The van der Waals surface area contributed by atoms with E-state index in [1.54, 1.807) is 6.07 Å². The van der Waals surface area contributed by atoms with Crippen molar-refractivity contribution in [2.24, 2.45) is 0 Å². The lowest BCUT2D eigenvalue weighted by Crippen LogP contribution is -2.50. The number of nitro benzene ring substituents is 1. The van der Waals surface area contributed by atoms with Crippen molar-refractivity contribution in [1.29, 1.82) is 0 Å². The van der Waals surface area contributed by atoms with Gasteiger partial charge in [0, 0.05) is 18.7 Å². The molecule has 112 valence electrons. The summed E-state index contributed by atoms with van der Waals surface area (Å²) in [6.45, 7) is 2.99. The number of nitrogens with one attached hydrogen (secondary N) is 1. The number of nitrogens with zero attached hydrogens (tertiary/aromatic N) is 3. The number of H-pyrrole nitrogens is 1. The molecular formula is C13H16N4O4. The maximum atomic E-state index is 10.8. The molecule has 2 unspecified atom stereocenters. The van der Waals surface area contributed by atoms with Gasteiger partial charge in [0.15, 0.2) is 0 Å². The van der Waals surface area contributed by atoms with Crippen LogP contribution in [-0.2, 0) is 4.74 Å². The molecule has 0 bridgehead atoms. The summed E-state index contributed by atoms with van der Waals surface area (Å²) >= 11 is 0. The summed E-state index contributed by atoms with van der Waals surface area (Å²) in [5.74, 6) is 0.639. The molecule has 2 heterocycles. The van der Waals surface area contributed by atoms with Gasteiger partial charge in [-0.05, 0) is 13.0 Å². The average molecular weight is 292 g/mol. The van der Waals surface area contributed by atoms with Crippen molar-refractivity contribution in [3.8, 4) is 0 Å². The van der Waals surface area contributed by atoms with Crippen LogP contribution < -0.4 is 4.90 Å². The number of ether oxygens (including phenoxy) is 1. The van der Waals surface area contributed by atoms with Crippen molar-refractivity contribution in [3.63, 3.8) is 0 Å². The first-order valence-corrected chi connectivity index (χ1v) is 6.71. The van der Waals surface area contributed by atoms with Crippen LogP contribution in [0.1, 0.15) is 6.92 Å². The average Bonchev–Trinajstić information content (AvgIpc) is 2.90. The third kappa shape index (κ3) is 2.55. The third-order valence-electron chi connectivity index (χ3n) is 3.64. The third-order valence-corrected chi connectivity index (χ3v) is 3.64. The van der Waals surface area contributed by atoms with E-state index in [1.165, 1.54) is 12.1 Å². The molecule has 21 heavy (non-hydrogen) atoms. The SMILES string of the molecule is CC1COC(CO)CN1c1nc2ccc([N+](=O)[O-])cc2[nH]1. The van der Waals surface area contributed by atoms with Gasteiger partial charge in [-0.2, -0.15) is 0 Å². The number of aromatic amines is 1. The van der Waals surface area contributed by atoms with Gasteiger partial charge in [-0.25, -0.2) is 4.98 Å². The number of aliphatic hydroxyl groups excluding tert-OH is 1. The lowest BCUT2D eigenvalue weighted by molar-refractivity contribution is -0.384. The molecule has 0 amide bonds. The second-order valence-electron chi connectivity index (χ2n) is 5.16. The molecule has 2 N–H and O–H groups in total. The Bertz CT molecular complexity index is 671. The molecule has 0 radical (unpaired) electrons. The van der Waals surface area contributed by atoms with Crippen LogP contribution in [0.25, 0.3) is 11.0 Å². The monoisotopic (exact) mass is 292 g/mol. The van der Waals surface area contributed by atoms with Gasteiger partial charge >= 0.3 is 0 Å². The van der Waals surface area contributed by atoms with E-state index in [4.69, 9.17) is 4.74 Å². The lowest BCUT2D eigenvalue weighted by Gasteiger charge is -2.37. The molecule has 8 nitrogen and oxygen atoms in total. The highest BCUT2D eigenvalue weighted by atomic mass is 16.6. The van der Waals surface area contributed by atoms with E-state index < -0.39 is 4.92 Å². The Morgan fingerprint density at radius 2 is 2.43 bits per heavy atom. The number of anilines is 1. The van der Waals surface area contributed by atoms with E-state index in [-0.39, 0.29) is 24.4 Å². The Hall–Kier alpha value is -2.19. The number of aromatic nitrogens is 2. The van der Waals surface area contributed by atoms with Crippen LogP contribution in [-0.4, -0.2) is 51.9 Å². The first-order valence-electron chi connectivity index (χ1n) is 6.71. The number of hydrogen-bond donors (Lipinski definition) is 2. The summed E-state index contributed by atoms with van der Waals surface area (Å²) in [6.07, 6.45) is -0.247. The number of non-ortho nitro benzene ring substituents is 1. The Morgan fingerprint density at radius 1 is 1.62 bits per heavy atom. The van der Waals surface area contributed by atoms with Crippen LogP contribution in [0, 0.1) is 10.1 Å². The van der Waals surface area contributed by atoms with E-state index in [1.807, 2.05) is 11.8 Å². The standard InChI is InChI=1S/C13H16N4O4/c1-8-7-21-10(6-18)5-16(8)13-14-11-3-2-9(17(19)20)4-12(11)15-13/h2-4,8,10,18H,5-7H2,1H3,(H,14,15). The molecule has 1 aromatic heterocycles. The maximum absolute atomic E-state index is 10.8. The zero-order chi connectivity index (χ0) is 15.0. The van der Waals surface area contributed by atoms with Gasteiger partial charge in [0.25, 0.3) is 5.69 Å². The van der Waals surface area contributed by atoms with Crippen molar-refractivity contribution in [2.45, 2.75) is 19.1 Å². The number of benzene rings is 1. The van der Waals surface area contributed by atoms with Gasteiger partial charge in [-0.15, -0.1) is 0 Å². The van der Waals surface area contributed by atoms with Gasteiger partial charge in [0.05, 0.1) is 41.3 Å². The van der Waals surface area contributed by atoms with E-state index in [0.717, 1.165) is 0 Å². The van der Waals surface area contributed by atoms with Gasteiger partial charge in [0.1, 0.15) is 0 Å². The van der Waals surface area contributed by atoms with Crippen LogP contribution in [0.5, 0.6) is 0 Å². The molecule has 2 atom stereocenters. The second-order valence-corrected chi connectivity index (χ2v) is 5.16. The quantitative estimate of drug-likeness (QED) is 0.647. The zero-order valence-corrected chi connectivity index (χ0v) is 11.5. The lowest BCUT2D eigenvalue weighted by atomic mass is 10.2. The van der Waals surface area contributed by atoms with E-state index >= 15 is 0 Å². The zero-order valence-electron chi connectivity index (χ0n) is 11.5. The molecule has 3 rings (SSSR count). The molecule has 0 saturated carbocycles. The minimum absolute atomic E-state index is 0.0287. The minimum atomic E-state index is -0.431. The normalized spacial score (nSPS) is 22.7. The fourth-order valence-corrected chi connectivity index (χ4v) is 2.46. The van der Waals surface area contributed by atoms with Crippen LogP contribution in [0.4, 0.5) is 11.6 Å². The van der Waals surface area contributed by atoms with Crippen molar-refractivity contribution >= 4 is 22.7 Å². The van der Waals surface area contributed by atoms with Gasteiger partial charge in [-0.1, -0.05) is 0 Å². The molecule has 1 aromatic carbocycles. The molecule has 8 heteroatoms. The van der Waals surface area contributed by atoms with Crippen molar-refractivity contribution < 1.29 is 14.8 Å². The summed E-state index contributed by atoms with van der Waals surface area (Å²) in [5, 5.41) is 20.0. The maximum Gasteiger partial charge on any atom is 0.271 e. The topological polar surface area (TPSA) is 105 Å². The van der Waals surface area contributed by atoms with Gasteiger partial charge < -0.3 is 19.7 Å². The summed E-state index contributed by atoms with van der Waals surface area (Å²) in [6, 6.07) is 4.65. The Balaban J connectivity index is 1.94. The van der Waals surface area contributed by atoms with Gasteiger partial charge in [-0.3, -0.25) is 10.1 Å².